The maximum atomic E-state index is 13.9. The summed E-state index contributed by atoms with van der Waals surface area (Å²) >= 11 is 0. The molecule has 2 aromatic rings. The van der Waals surface area contributed by atoms with E-state index in [1.807, 2.05) is 0 Å². The third-order valence-electron chi connectivity index (χ3n) is 6.24. The highest BCUT2D eigenvalue weighted by Gasteiger charge is 2.54. The smallest absolute Gasteiger partial charge is 0.306 e. The van der Waals surface area contributed by atoms with Crippen LogP contribution >= 0.6 is 0 Å². The number of azide groups is 1. The molecule has 0 bridgehead atoms. The zero-order chi connectivity index (χ0) is 30.8. The van der Waals surface area contributed by atoms with E-state index in [4.69, 9.17) is 24.3 Å². The zero-order valence-electron chi connectivity index (χ0n) is 23.9. The van der Waals surface area contributed by atoms with Crippen LogP contribution in [0.25, 0.3) is 10.4 Å². The van der Waals surface area contributed by atoms with E-state index >= 15 is 0 Å². The Morgan fingerprint density at radius 2 is 1.90 bits per heavy atom. The van der Waals surface area contributed by atoms with Gasteiger partial charge in [-0.25, -0.2) is 4.99 Å². The summed E-state index contributed by atoms with van der Waals surface area (Å²) in [4.78, 5) is 34.4. The van der Waals surface area contributed by atoms with E-state index in [0.717, 1.165) is 0 Å². The number of esters is 1. The molecule has 226 valence electrons. The molecular formula is C29H37N5O8. The van der Waals surface area contributed by atoms with Crippen molar-refractivity contribution in [2.75, 3.05) is 26.4 Å². The Labute approximate surface area is 243 Å². The zero-order valence-corrected chi connectivity index (χ0v) is 23.9. The van der Waals surface area contributed by atoms with Gasteiger partial charge in [-0.05, 0) is 57.0 Å². The molecule has 42 heavy (non-hydrogen) atoms. The van der Waals surface area contributed by atoms with Crippen LogP contribution in [0.15, 0.2) is 58.6 Å². The molecule has 0 fully saturated rings. The fourth-order valence-corrected chi connectivity index (χ4v) is 4.31. The number of carbonyl (C=O) groups is 2. The molecule has 1 amide bonds. The maximum Gasteiger partial charge on any atom is 0.306 e. The minimum atomic E-state index is -1.75. The summed E-state index contributed by atoms with van der Waals surface area (Å²) in [6.07, 6.45) is -2.24. The molecule has 1 heterocycles. The second kappa shape index (κ2) is 14.6. The highest BCUT2D eigenvalue weighted by molar-refractivity contribution is 6.01. The van der Waals surface area contributed by atoms with Crippen LogP contribution in [0, 0.1) is 0 Å². The van der Waals surface area contributed by atoms with Crippen LogP contribution < -0.4 is 10.1 Å². The van der Waals surface area contributed by atoms with Crippen LogP contribution in [0.5, 0.6) is 5.75 Å². The largest absolute Gasteiger partial charge is 0.494 e. The number of rotatable bonds is 14. The standard InChI is InChI=1S/C29H37N5O8/c1-28(2,3)42-24(38)13-14-29(27(39)31-17-20(37)18-36)25(22-7-4-5-8-23(22)33-34-30)41-26(32-29)19-9-11-21(12-10-19)40-16-6-15-35/h4-5,7-12,20,25,35-37H,6,13-18H2,1-3H3,(H,31,39)/t20?,25-,29-/m1/s1. The van der Waals surface area contributed by atoms with E-state index < -0.39 is 41.8 Å². The van der Waals surface area contributed by atoms with Crippen molar-refractivity contribution in [3.63, 3.8) is 0 Å². The number of hydrogen-bond donors (Lipinski definition) is 4. The van der Waals surface area contributed by atoms with Gasteiger partial charge in [0.2, 0.25) is 5.90 Å². The number of nitrogens with zero attached hydrogens (tertiary/aromatic N) is 4. The first-order valence-electron chi connectivity index (χ1n) is 13.6. The van der Waals surface area contributed by atoms with Gasteiger partial charge < -0.3 is 34.8 Å². The molecule has 0 saturated heterocycles. The van der Waals surface area contributed by atoms with Crippen molar-refractivity contribution in [3.05, 3.63) is 70.1 Å². The van der Waals surface area contributed by atoms with E-state index in [0.29, 0.717) is 29.9 Å². The Kier molecular flexibility index (Phi) is 11.3. The average molecular weight is 584 g/mol. The lowest BCUT2D eigenvalue weighted by Gasteiger charge is -2.31. The number of hydrogen-bond acceptors (Lipinski definition) is 10. The third kappa shape index (κ3) is 8.43. The lowest BCUT2D eigenvalue weighted by molar-refractivity contribution is -0.155. The molecule has 0 saturated carbocycles. The van der Waals surface area contributed by atoms with Gasteiger partial charge in [-0.3, -0.25) is 9.59 Å². The summed E-state index contributed by atoms with van der Waals surface area (Å²) < 4.78 is 17.4. The van der Waals surface area contributed by atoms with Gasteiger partial charge >= 0.3 is 5.97 Å². The number of benzene rings is 2. The van der Waals surface area contributed by atoms with E-state index in [1.54, 1.807) is 69.3 Å². The molecule has 4 N–H and O–H groups in total. The molecule has 13 nitrogen and oxygen atoms in total. The van der Waals surface area contributed by atoms with Gasteiger partial charge in [0.25, 0.3) is 5.91 Å². The summed E-state index contributed by atoms with van der Waals surface area (Å²) in [6, 6.07) is 13.4. The van der Waals surface area contributed by atoms with Crippen molar-refractivity contribution in [3.8, 4) is 5.75 Å². The number of aliphatic hydroxyl groups is 3. The molecule has 1 aliphatic heterocycles. The van der Waals surface area contributed by atoms with Crippen molar-refractivity contribution >= 4 is 23.5 Å². The van der Waals surface area contributed by atoms with Gasteiger partial charge in [-0.2, -0.15) is 0 Å². The third-order valence-corrected chi connectivity index (χ3v) is 6.24. The fraction of sp³-hybridized carbons (Fsp3) is 0.483. The Hall–Kier alpha value is -4.16. The van der Waals surface area contributed by atoms with E-state index in [1.165, 1.54) is 0 Å². The minimum Gasteiger partial charge on any atom is -0.494 e. The molecule has 0 aliphatic carbocycles. The summed E-state index contributed by atoms with van der Waals surface area (Å²) in [5, 5.41) is 34.6. The predicted molar refractivity (Wildman–Crippen MR) is 153 cm³/mol. The lowest BCUT2D eigenvalue weighted by Crippen LogP contribution is -2.50. The molecule has 1 aliphatic rings. The second-order valence-corrected chi connectivity index (χ2v) is 10.7. The Balaban J connectivity index is 2.09. The van der Waals surface area contributed by atoms with Crippen LogP contribution in [-0.2, 0) is 19.1 Å². The topological polar surface area (TPSA) is 196 Å². The van der Waals surface area contributed by atoms with Gasteiger partial charge in [0, 0.05) is 47.7 Å². The summed E-state index contributed by atoms with van der Waals surface area (Å²) in [5.41, 5.74) is 7.76. The molecule has 1 unspecified atom stereocenters. The Bertz CT molecular complexity index is 1300. The molecule has 0 aromatic heterocycles. The molecular weight excluding hydrogens is 546 g/mol. The molecule has 2 aromatic carbocycles. The van der Waals surface area contributed by atoms with E-state index in [-0.39, 0.29) is 37.6 Å². The van der Waals surface area contributed by atoms with Crippen LogP contribution in [0.2, 0.25) is 0 Å². The van der Waals surface area contributed by atoms with Crippen molar-refractivity contribution in [1.29, 1.82) is 0 Å². The fourth-order valence-electron chi connectivity index (χ4n) is 4.31. The van der Waals surface area contributed by atoms with Crippen molar-refractivity contribution < 1.29 is 39.1 Å². The van der Waals surface area contributed by atoms with Crippen molar-refractivity contribution in [2.24, 2.45) is 10.1 Å². The molecule has 0 radical (unpaired) electrons. The summed E-state index contributed by atoms with van der Waals surface area (Å²) in [6.45, 7) is 4.67. The number of carbonyl (C=O) groups excluding carboxylic acids is 2. The van der Waals surface area contributed by atoms with Gasteiger partial charge in [0.15, 0.2) is 11.6 Å². The van der Waals surface area contributed by atoms with Crippen LogP contribution in [0.1, 0.15) is 57.3 Å². The normalized spacial score (nSPS) is 18.7. The molecule has 0 spiro atoms. The molecule has 13 heteroatoms. The van der Waals surface area contributed by atoms with Gasteiger partial charge in [-0.15, -0.1) is 0 Å². The predicted octanol–water partition coefficient (Wildman–Crippen LogP) is 3.24. The average Bonchev–Trinajstić information content (AvgIpc) is 3.35. The summed E-state index contributed by atoms with van der Waals surface area (Å²) in [7, 11) is 0. The Morgan fingerprint density at radius 1 is 1.19 bits per heavy atom. The first-order valence-corrected chi connectivity index (χ1v) is 13.6. The monoisotopic (exact) mass is 583 g/mol. The van der Waals surface area contributed by atoms with Gasteiger partial charge in [-0.1, -0.05) is 29.4 Å². The first-order chi connectivity index (χ1) is 20.0. The Morgan fingerprint density at radius 3 is 2.55 bits per heavy atom. The highest BCUT2D eigenvalue weighted by atomic mass is 16.6. The quantitative estimate of drug-likeness (QED) is 0.0855. The number of amides is 1. The van der Waals surface area contributed by atoms with Crippen LogP contribution in [0.3, 0.4) is 0 Å². The number of ether oxygens (including phenoxy) is 3. The van der Waals surface area contributed by atoms with Gasteiger partial charge in [0.05, 0.1) is 19.3 Å². The molecule has 3 rings (SSSR count). The SMILES string of the molecule is CC(C)(C)OC(=O)CC[C@@]1(C(=O)NCC(O)CO)N=C(c2ccc(OCCCO)cc2)O[C@@H]1c1ccccc1N=[N+]=[N-]. The van der Waals surface area contributed by atoms with E-state index in [2.05, 4.69) is 15.3 Å². The van der Waals surface area contributed by atoms with Crippen LogP contribution in [0.4, 0.5) is 5.69 Å². The highest BCUT2D eigenvalue weighted by Crippen LogP contribution is 2.46. The number of aliphatic imine (C=N–C) groups is 1. The number of aliphatic hydroxyl groups excluding tert-OH is 3. The number of nitrogens with one attached hydrogen (secondary N) is 1. The van der Waals surface area contributed by atoms with E-state index in [9.17, 15) is 25.3 Å². The molecule has 3 atom stereocenters. The van der Waals surface area contributed by atoms with Crippen LogP contribution in [-0.4, -0.2) is 76.7 Å². The first kappa shape index (κ1) is 32.4. The van der Waals surface area contributed by atoms with Crippen molar-refractivity contribution in [2.45, 2.75) is 63.4 Å². The summed E-state index contributed by atoms with van der Waals surface area (Å²) in [5.74, 6) is -0.568. The minimum absolute atomic E-state index is 0.00418. The van der Waals surface area contributed by atoms with Gasteiger partial charge in [0.1, 0.15) is 11.4 Å². The maximum absolute atomic E-state index is 13.9. The van der Waals surface area contributed by atoms with Crippen molar-refractivity contribution in [1.82, 2.24) is 5.32 Å². The lowest BCUT2D eigenvalue weighted by atomic mass is 9.82. The second-order valence-electron chi connectivity index (χ2n) is 10.7.